The molecule has 1 aromatic carbocycles. The number of rotatable bonds is 3. The average Bonchev–Trinajstić information content (AvgIpc) is 2.67. The van der Waals surface area contributed by atoms with E-state index in [1.807, 2.05) is 7.05 Å². The van der Waals surface area contributed by atoms with Crippen LogP contribution < -0.4 is 5.32 Å². The van der Waals surface area contributed by atoms with Crippen LogP contribution in [-0.2, 0) is 4.74 Å². The van der Waals surface area contributed by atoms with E-state index in [4.69, 9.17) is 16.3 Å². The predicted molar refractivity (Wildman–Crippen MR) is 62.1 cm³/mol. The van der Waals surface area contributed by atoms with E-state index in [2.05, 4.69) is 5.32 Å². The molecule has 0 aromatic heterocycles. The minimum atomic E-state index is -0.277. The van der Waals surface area contributed by atoms with Crippen molar-refractivity contribution in [3.05, 3.63) is 34.6 Å². The molecule has 0 amide bonds. The zero-order chi connectivity index (χ0) is 11.5. The summed E-state index contributed by atoms with van der Waals surface area (Å²) in [6, 6.07) is 4.75. The van der Waals surface area contributed by atoms with Gasteiger partial charge in [0.05, 0.1) is 6.10 Å². The van der Waals surface area contributed by atoms with Gasteiger partial charge in [-0.1, -0.05) is 17.7 Å². The van der Waals surface area contributed by atoms with Crippen LogP contribution in [0.2, 0.25) is 5.02 Å². The molecule has 0 bridgehead atoms. The number of hydrogen-bond acceptors (Lipinski definition) is 2. The smallest absolute Gasteiger partial charge is 0.130 e. The molecule has 1 aliphatic heterocycles. The molecule has 0 radical (unpaired) electrons. The number of halogens is 2. The second kappa shape index (κ2) is 5.13. The maximum atomic E-state index is 13.7. The van der Waals surface area contributed by atoms with Gasteiger partial charge in [-0.2, -0.15) is 0 Å². The van der Waals surface area contributed by atoms with Gasteiger partial charge in [-0.05, 0) is 25.6 Å². The molecule has 1 fully saturated rings. The van der Waals surface area contributed by atoms with Gasteiger partial charge < -0.3 is 10.1 Å². The van der Waals surface area contributed by atoms with E-state index in [1.165, 1.54) is 6.07 Å². The van der Waals surface area contributed by atoms with Gasteiger partial charge >= 0.3 is 0 Å². The quantitative estimate of drug-likeness (QED) is 0.882. The minimum absolute atomic E-state index is 0.221. The summed E-state index contributed by atoms with van der Waals surface area (Å²) in [5.74, 6) is 0.0138. The van der Waals surface area contributed by atoms with E-state index in [1.54, 1.807) is 12.1 Å². The molecule has 2 rings (SSSR count). The van der Waals surface area contributed by atoms with Crippen molar-refractivity contribution in [2.75, 3.05) is 20.2 Å². The van der Waals surface area contributed by atoms with Gasteiger partial charge in [-0.15, -0.1) is 0 Å². The molecule has 2 nitrogen and oxygen atoms in total. The number of hydrogen-bond donors (Lipinski definition) is 1. The Morgan fingerprint density at radius 3 is 3.06 bits per heavy atom. The molecule has 1 aromatic rings. The van der Waals surface area contributed by atoms with E-state index in [0.29, 0.717) is 23.1 Å². The topological polar surface area (TPSA) is 21.3 Å². The lowest BCUT2D eigenvalue weighted by atomic mass is 9.95. The second-order valence-electron chi connectivity index (χ2n) is 4.03. The lowest BCUT2D eigenvalue weighted by Gasteiger charge is -2.20. The summed E-state index contributed by atoms with van der Waals surface area (Å²) in [6.07, 6.45) is 0.719. The first-order valence-corrected chi connectivity index (χ1v) is 5.82. The monoisotopic (exact) mass is 243 g/mol. The summed E-state index contributed by atoms with van der Waals surface area (Å²) in [7, 11) is 1.89. The van der Waals surface area contributed by atoms with E-state index < -0.39 is 0 Å². The Bertz CT molecular complexity index is 352. The Kier molecular flexibility index (Phi) is 3.79. The molecule has 0 saturated carbocycles. The molecule has 1 N–H and O–H groups in total. The van der Waals surface area contributed by atoms with Crippen LogP contribution in [0, 0.1) is 11.7 Å². The van der Waals surface area contributed by atoms with Gasteiger partial charge in [0.2, 0.25) is 0 Å². The van der Waals surface area contributed by atoms with Gasteiger partial charge in [0, 0.05) is 29.7 Å². The van der Waals surface area contributed by atoms with Crippen LogP contribution >= 0.6 is 11.6 Å². The zero-order valence-corrected chi connectivity index (χ0v) is 9.93. The summed E-state index contributed by atoms with van der Waals surface area (Å²) in [5.41, 5.74) is 0.502. The highest BCUT2D eigenvalue weighted by molar-refractivity contribution is 6.31. The highest BCUT2D eigenvalue weighted by atomic mass is 35.5. The third-order valence-corrected chi connectivity index (χ3v) is 3.29. The largest absolute Gasteiger partial charge is 0.373 e. The van der Waals surface area contributed by atoms with Crippen molar-refractivity contribution in [3.63, 3.8) is 0 Å². The Morgan fingerprint density at radius 1 is 1.56 bits per heavy atom. The standard InChI is InChI=1S/C12H15ClFNO/c1-15-7-8-5-6-16-12(8)11-9(13)3-2-4-10(11)14/h2-4,8,12,15H,5-7H2,1H3. The fourth-order valence-corrected chi connectivity index (χ4v) is 2.48. The van der Waals surface area contributed by atoms with Crippen LogP contribution in [0.5, 0.6) is 0 Å². The Morgan fingerprint density at radius 2 is 2.38 bits per heavy atom. The predicted octanol–water partition coefficient (Wildman–Crippen LogP) is 2.78. The maximum Gasteiger partial charge on any atom is 0.130 e. The summed E-state index contributed by atoms with van der Waals surface area (Å²) in [4.78, 5) is 0. The zero-order valence-electron chi connectivity index (χ0n) is 9.17. The lowest BCUT2D eigenvalue weighted by molar-refractivity contribution is 0.0880. The molecule has 88 valence electrons. The molecule has 2 atom stereocenters. The molecular weight excluding hydrogens is 229 g/mol. The fourth-order valence-electron chi connectivity index (χ4n) is 2.21. The first-order chi connectivity index (χ1) is 7.74. The molecule has 0 spiro atoms. The SMILES string of the molecule is CNCC1CCOC1c1c(F)cccc1Cl. The van der Waals surface area contributed by atoms with Crippen LogP contribution in [0.3, 0.4) is 0 Å². The Balaban J connectivity index is 2.29. The third kappa shape index (κ3) is 2.21. The van der Waals surface area contributed by atoms with Crippen molar-refractivity contribution in [2.24, 2.45) is 5.92 Å². The molecule has 1 saturated heterocycles. The highest BCUT2D eigenvalue weighted by Crippen LogP contribution is 2.38. The van der Waals surface area contributed by atoms with Gasteiger partial charge in [-0.3, -0.25) is 0 Å². The van der Waals surface area contributed by atoms with Gasteiger partial charge in [-0.25, -0.2) is 4.39 Å². The summed E-state index contributed by atoms with van der Waals surface area (Å²) >= 11 is 6.03. The first kappa shape index (κ1) is 11.8. The van der Waals surface area contributed by atoms with Crippen molar-refractivity contribution >= 4 is 11.6 Å². The van der Waals surface area contributed by atoms with Crippen LogP contribution in [0.25, 0.3) is 0 Å². The fraction of sp³-hybridized carbons (Fsp3) is 0.500. The van der Waals surface area contributed by atoms with Gasteiger partial charge in [0.1, 0.15) is 5.82 Å². The molecule has 2 unspecified atom stereocenters. The maximum absolute atomic E-state index is 13.7. The van der Waals surface area contributed by atoms with Crippen LogP contribution in [0.4, 0.5) is 4.39 Å². The van der Waals surface area contributed by atoms with Gasteiger partial charge in [0.15, 0.2) is 0 Å². The third-order valence-electron chi connectivity index (χ3n) is 2.96. The summed E-state index contributed by atoms with van der Waals surface area (Å²) < 4.78 is 19.3. The molecule has 0 aliphatic carbocycles. The lowest BCUT2D eigenvalue weighted by Crippen LogP contribution is -2.22. The Labute approximate surface area is 99.7 Å². The average molecular weight is 244 g/mol. The molecular formula is C12H15ClFNO. The highest BCUT2D eigenvalue weighted by Gasteiger charge is 2.32. The first-order valence-electron chi connectivity index (χ1n) is 5.44. The Hall–Kier alpha value is -0.640. The number of ether oxygens (including phenoxy) is 1. The normalized spacial score (nSPS) is 24.9. The van der Waals surface area contributed by atoms with E-state index in [-0.39, 0.29) is 11.9 Å². The second-order valence-corrected chi connectivity index (χ2v) is 4.44. The molecule has 1 heterocycles. The van der Waals surface area contributed by atoms with Crippen LogP contribution in [-0.4, -0.2) is 20.2 Å². The van der Waals surface area contributed by atoms with Crippen molar-refractivity contribution in [1.29, 1.82) is 0 Å². The number of benzene rings is 1. The van der Waals surface area contributed by atoms with Crippen LogP contribution in [0.15, 0.2) is 18.2 Å². The molecule has 1 aliphatic rings. The summed E-state index contributed by atoms with van der Waals surface area (Å²) in [6.45, 7) is 1.48. The van der Waals surface area contributed by atoms with Crippen molar-refractivity contribution in [2.45, 2.75) is 12.5 Å². The van der Waals surface area contributed by atoms with Crippen molar-refractivity contribution < 1.29 is 9.13 Å². The van der Waals surface area contributed by atoms with E-state index in [0.717, 1.165) is 13.0 Å². The van der Waals surface area contributed by atoms with Gasteiger partial charge in [0.25, 0.3) is 0 Å². The minimum Gasteiger partial charge on any atom is -0.373 e. The molecule has 16 heavy (non-hydrogen) atoms. The van der Waals surface area contributed by atoms with Crippen LogP contribution in [0.1, 0.15) is 18.1 Å². The van der Waals surface area contributed by atoms with E-state index in [9.17, 15) is 4.39 Å². The van der Waals surface area contributed by atoms with Crippen molar-refractivity contribution in [1.82, 2.24) is 5.32 Å². The molecule has 4 heteroatoms. The summed E-state index contributed by atoms with van der Waals surface area (Å²) in [5, 5.41) is 3.55. The number of nitrogens with one attached hydrogen (secondary N) is 1. The van der Waals surface area contributed by atoms with E-state index >= 15 is 0 Å². The van der Waals surface area contributed by atoms with Crippen molar-refractivity contribution in [3.8, 4) is 0 Å².